The SMILES string of the molecule is Cc1nn(-c2cccc(C(F)(F)F)c2)c(C)c1CC(=O)N1CCN(C2CCCC2)CC1. The summed E-state index contributed by atoms with van der Waals surface area (Å²) in [6, 6.07) is 5.79. The molecule has 0 N–H and O–H groups in total. The van der Waals surface area contributed by atoms with Crippen LogP contribution >= 0.6 is 0 Å². The Labute approximate surface area is 180 Å². The molecule has 1 amide bonds. The van der Waals surface area contributed by atoms with E-state index in [2.05, 4.69) is 10.00 Å². The molecule has 0 bridgehead atoms. The van der Waals surface area contributed by atoms with Crippen molar-refractivity contribution in [1.82, 2.24) is 19.6 Å². The number of halogens is 3. The van der Waals surface area contributed by atoms with E-state index < -0.39 is 11.7 Å². The molecule has 1 aliphatic heterocycles. The van der Waals surface area contributed by atoms with Gasteiger partial charge < -0.3 is 4.90 Å². The normalized spacial score (nSPS) is 18.7. The van der Waals surface area contributed by atoms with Crippen molar-refractivity contribution in [3.05, 3.63) is 46.8 Å². The van der Waals surface area contributed by atoms with E-state index in [4.69, 9.17) is 0 Å². The average Bonchev–Trinajstić information content (AvgIpc) is 3.38. The number of rotatable bonds is 4. The highest BCUT2D eigenvalue weighted by Gasteiger charge is 2.31. The molecule has 2 fully saturated rings. The molecule has 2 aromatic rings. The number of piperazine rings is 1. The van der Waals surface area contributed by atoms with Crippen molar-refractivity contribution in [1.29, 1.82) is 0 Å². The maximum absolute atomic E-state index is 13.1. The Balaban J connectivity index is 1.45. The second kappa shape index (κ2) is 8.65. The quantitative estimate of drug-likeness (QED) is 0.727. The number of hydrogen-bond acceptors (Lipinski definition) is 3. The lowest BCUT2D eigenvalue weighted by molar-refractivity contribution is -0.137. The third-order valence-electron chi connectivity index (χ3n) is 6.70. The monoisotopic (exact) mass is 434 g/mol. The molecule has 2 heterocycles. The largest absolute Gasteiger partial charge is 0.416 e. The summed E-state index contributed by atoms with van der Waals surface area (Å²) in [5.41, 5.74) is 1.80. The van der Waals surface area contributed by atoms with Crippen LogP contribution in [0.2, 0.25) is 0 Å². The van der Waals surface area contributed by atoms with E-state index in [1.54, 1.807) is 19.9 Å². The second-order valence-corrected chi connectivity index (χ2v) is 8.64. The van der Waals surface area contributed by atoms with Crippen molar-refractivity contribution >= 4 is 5.91 Å². The molecule has 31 heavy (non-hydrogen) atoms. The van der Waals surface area contributed by atoms with Gasteiger partial charge in [-0.05, 0) is 44.9 Å². The predicted molar refractivity (Wildman–Crippen MR) is 112 cm³/mol. The fraction of sp³-hybridized carbons (Fsp3) is 0.565. The van der Waals surface area contributed by atoms with E-state index in [-0.39, 0.29) is 12.3 Å². The van der Waals surface area contributed by atoms with Crippen LogP contribution < -0.4 is 0 Å². The van der Waals surface area contributed by atoms with Gasteiger partial charge in [0.25, 0.3) is 0 Å². The van der Waals surface area contributed by atoms with E-state index in [1.807, 2.05) is 4.90 Å². The van der Waals surface area contributed by atoms with Crippen LogP contribution in [0.3, 0.4) is 0 Å². The number of carbonyl (C=O) groups is 1. The summed E-state index contributed by atoms with van der Waals surface area (Å²) < 4.78 is 40.8. The molecule has 0 radical (unpaired) electrons. The van der Waals surface area contributed by atoms with Crippen molar-refractivity contribution in [2.75, 3.05) is 26.2 Å². The minimum absolute atomic E-state index is 0.0564. The zero-order valence-corrected chi connectivity index (χ0v) is 18.1. The number of alkyl halides is 3. The highest BCUT2D eigenvalue weighted by atomic mass is 19.4. The molecule has 0 spiro atoms. The number of carbonyl (C=O) groups excluding carboxylic acids is 1. The minimum Gasteiger partial charge on any atom is -0.340 e. The summed E-state index contributed by atoms with van der Waals surface area (Å²) in [4.78, 5) is 17.4. The number of amides is 1. The molecule has 4 rings (SSSR count). The summed E-state index contributed by atoms with van der Waals surface area (Å²) in [6.07, 6.45) is 0.949. The maximum Gasteiger partial charge on any atom is 0.416 e. The van der Waals surface area contributed by atoms with Gasteiger partial charge in [-0.1, -0.05) is 18.9 Å². The Bertz CT molecular complexity index is 939. The zero-order valence-electron chi connectivity index (χ0n) is 18.1. The lowest BCUT2D eigenvalue weighted by Crippen LogP contribution is -2.51. The topological polar surface area (TPSA) is 41.4 Å². The van der Waals surface area contributed by atoms with Crippen LogP contribution in [0.4, 0.5) is 13.2 Å². The van der Waals surface area contributed by atoms with E-state index in [0.29, 0.717) is 23.1 Å². The first-order valence-corrected chi connectivity index (χ1v) is 11.0. The molecule has 2 aliphatic rings. The number of benzene rings is 1. The van der Waals surface area contributed by atoms with Gasteiger partial charge in [-0.3, -0.25) is 9.69 Å². The van der Waals surface area contributed by atoms with Crippen LogP contribution in [0.1, 0.15) is 48.2 Å². The van der Waals surface area contributed by atoms with Gasteiger partial charge in [-0.15, -0.1) is 0 Å². The number of aryl methyl sites for hydroxylation is 1. The van der Waals surface area contributed by atoms with Crippen molar-refractivity contribution in [2.24, 2.45) is 0 Å². The van der Waals surface area contributed by atoms with Crippen LogP contribution in [0.15, 0.2) is 24.3 Å². The molecule has 8 heteroatoms. The Morgan fingerprint density at radius 2 is 1.77 bits per heavy atom. The smallest absolute Gasteiger partial charge is 0.340 e. The van der Waals surface area contributed by atoms with Crippen LogP contribution in [-0.2, 0) is 17.4 Å². The van der Waals surface area contributed by atoms with Gasteiger partial charge in [0.2, 0.25) is 5.91 Å². The van der Waals surface area contributed by atoms with Crippen molar-refractivity contribution in [3.8, 4) is 5.69 Å². The average molecular weight is 435 g/mol. The van der Waals surface area contributed by atoms with E-state index in [9.17, 15) is 18.0 Å². The van der Waals surface area contributed by atoms with Gasteiger partial charge in [0.1, 0.15) is 0 Å². The van der Waals surface area contributed by atoms with Gasteiger partial charge in [-0.25, -0.2) is 4.68 Å². The molecular formula is C23H29F3N4O. The fourth-order valence-corrected chi connectivity index (χ4v) is 4.87. The van der Waals surface area contributed by atoms with Crippen LogP contribution in [-0.4, -0.2) is 57.7 Å². The molecule has 1 saturated heterocycles. The summed E-state index contributed by atoms with van der Waals surface area (Å²) >= 11 is 0. The fourth-order valence-electron chi connectivity index (χ4n) is 4.87. The molecule has 1 aromatic carbocycles. The first-order valence-electron chi connectivity index (χ1n) is 11.0. The number of hydrogen-bond donors (Lipinski definition) is 0. The maximum atomic E-state index is 13.1. The Hall–Kier alpha value is -2.35. The van der Waals surface area contributed by atoms with E-state index >= 15 is 0 Å². The van der Waals surface area contributed by atoms with Crippen LogP contribution in [0.5, 0.6) is 0 Å². The first kappa shape index (κ1) is 21.9. The van der Waals surface area contributed by atoms with Crippen molar-refractivity contribution < 1.29 is 18.0 Å². The molecule has 0 unspecified atom stereocenters. The van der Waals surface area contributed by atoms with Gasteiger partial charge in [0.05, 0.1) is 23.4 Å². The van der Waals surface area contributed by atoms with Gasteiger partial charge in [0, 0.05) is 43.5 Å². The van der Waals surface area contributed by atoms with Gasteiger partial charge >= 0.3 is 6.18 Å². The summed E-state index contributed by atoms with van der Waals surface area (Å²) in [5.74, 6) is 0.0564. The highest BCUT2D eigenvalue weighted by molar-refractivity contribution is 5.79. The van der Waals surface area contributed by atoms with Crippen LogP contribution in [0.25, 0.3) is 5.69 Å². The molecule has 1 saturated carbocycles. The third-order valence-corrected chi connectivity index (χ3v) is 6.70. The standard InChI is InChI=1S/C23H29F3N4O/c1-16-21(15-22(31)29-12-10-28(11-13-29)19-7-3-4-8-19)17(2)30(27-16)20-9-5-6-18(14-20)23(24,25)26/h5-6,9,14,19H,3-4,7-8,10-13,15H2,1-2H3. The summed E-state index contributed by atoms with van der Waals surface area (Å²) in [5, 5.41) is 4.44. The summed E-state index contributed by atoms with van der Waals surface area (Å²) in [6.45, 7) is 6.90. The van der Waals surface area contributed by atoms with E-state index in [0.717, 1.165) is 43.9 Å². The lowest BCUT2D eigenvalue weighted by Gasteiger charge is -2.38. The van der Waals surface area contributed by atoms with Crippen molar-refractivity contribution in [3.63, 3.8) is 0 Å². The Morgan fingerprint density at radius 3 is 2.42 bits per heavy atom. The zero-order chi connectivity index (χ0) is 22.2. The minimum atomic E-state index is -4.41. The Morgan fingerprint density at radius 1 is 1.10 bits per heavy atom. The number of nitrogens with zero attached hydrogens (tertiary/aromatic N) is 4. The lowest BCUT2D eigenvalue weighted by atomic mass is 10.1. The molecule has 1 aromatic heterocycles. The Kier molecular flexibility index (Phi) is 6.10. The third kappa shape index (κ3) is 4.63. The number of aromatic nitrogens is 2. The van der Waals surface area contributed by atoms with Gasteiger partial charge in [-0.2, -0.15) is 18.3 Å². The molecule has 168 valence electrons. The summed E-state index contributed by atoms with van der Waals surface area (Å²) in [7, 11) is 0. The predicted octanol–water partition coefficient (Wildman–Crippen LogP) is 4.14. The second-order valence-electron chi connectivity index (χ2n) is 8.64. The van der Waals surface area contributed by atoms with Crippen molar-refractivity contribution in [2.45, 2.75) is 58.2 Å². The molecule has 5 nitrogen and oxygen atoms in total. The van der Waals surface area contributed by atoms with Crippen LogP contribution in [0, 0.1) is 13.8 Å². The van der Waals surface area contributed by atoms with Gasteiger partial charge in [0.15, 0.2) is 0 Å². The molecule has 0 atom stereocenters. The van der Waals surface area contributed by atoms with E-state index in [1.165, 1.54) is 36.4 Å². The molecular weight excluding hydrogens is 405 g/mol. The molecule has 1 aliphatic carbocycles. The highest BCUT2D eigenvalue weighted by Crippen LogP contribution is 2.31. The first-order chi connectivity index (χ1) is 14.7.